The summed E-state index contributed by atoms with van der Waals surface area (Å²) >= 11 is 3.36. The highest BCUT2D eigenvalue weighted by Crippen LogP contribution is 2.29. The van der Waals surface area contributed by atoms with Crippen LogP contribution in [0.3, 0.4) is 0 Å². The van der Waals surface area contributed by atoms with E-state index in [1.807, 2.05) is 0 Å². The zero-order valence-corrected chi connectivity index (χ0v) is 12.5. The first-order valence-corrected chi connectivity index (χ1v) is 7.02. The molecule has 2 rings (SSSR count). The highest BCUT2D eigenvalue weighted by Gasteiger charge is 2.18. The van der Waals surface area contributed by atoms with Crippen molar-refractivity contribution >= 4 is 15.9 Å². The van der Waals surface area contributed by atoms with Crippen LogP contribution in [0.1, 0.15) is 25.6 Å². The minimum absolute atomic E-state index is 0.202. The van der Waals surface area contributed by atoms with Crippen LogP contribution >= 0.6 is 15.9 Å². The molecule has 1 unspecified atom stereocenters. The lowest BCUT2D eigenvalue weighted by Gasteiger charge is -2.15. The van der Waals surface area contributed by atoms with Crippen LogP contribution in [0.25, 0.3) is 11.3 Å². The van der Waals surface area contributed by atoms with Crippen LogP contribution in [-0.2, 0) is 0 Å². The number of hydrogen-bond donors (Lipinski definition) is 2. The monoisotopic (exact) mass is 325 g/mol. The molecule has 0 saturated heterocycles. The molecular formula is C14H17BrFN3. The molecule has 19 heavy (non-hydrogen) atoms. The van der Waals surface area contributed by atoms with Crippen molar-refractivity contribution in [2.45, 2.75) is 19.8 Å². The Morgan fingerprint density at radius 2 is 2.16 bits per heavy atom. The van der Waals surface area contributed by atoms with E-state index in [0.29, 0.717) is 16.9 Å². The summed E-state index contributed by atoms with van der Waals surface area (Å²) < 4.78 is 13.8. The number of H-pyrrole nitrogens is 1. The first-order chi connectivity index (χ1) is 9.02. The van der Waals surface area contributed by atoms with Crippen molar-refractivity contribution in [2.75, 3.05) is 6.54 Å². The molecular weight excluding hydrogens is 309 g/mol. The van der Waals surface area contributed by atoms with Gasteiger partial charge in [-0.15, -0.1) is 0 Å². The SMILES string of the molecule is CC(C)C(CN)c1ncc(-c2ccc(F)cc2Br)[nH]1. The number of benzene rings is 1. The molecule has 3 nitrogen and oxygen atoms in total. The van der Waals surface area contributed by atoms with Crippen molar-refractivity contribution in [1.82, 2.24) is 9.97 Å². The second-order valence-electron chi connectivity index (χ2n) is 4.89. The molecule has 2 aromatic rings. The maximum atomic E-state index is 13.1. The van der Waals surface area contributed by atoms with Gasteiger partial charge in [0.15, 0.2) is 0 Å². The van der Waals surface area contributed by atoms with Crippen LogP contribution in [0.2, 0.25) is 0 Å². The summed E-state index contributed by atoms with van der Waals surface area (Å²) in [5.74, 6) is 1.23. The number of halogens is 2. The number of imidazole rings is 1. The van der Waals surface area contributed by atoms with Gasteiger partial charge in [-0.25, -0.2) is 9.37 Å². The van der Waals surface area contributed by atoms with E-state index in [4.69, 9.17) is 5.73 Å². The van der Waals surface area contributed by atoms with Gasteiger partial charge >= 0.3 is 0 Å². The highest BCUT2D eigenvalue weighted by molar-refractivity contribution is 9.10. The number of nitrogens with zero attached hydrogens (tertiary/aromatic N) is 1. The van der Waals surface area contributed by atoms with Gasteiger partial charge in [0.05, 0.1) is 11.9 Å². The van der Waals surface area contributed by atoms with Crippen LogP contribution in [0.5, 0.6) is 0 Å². The van der Waals surface area contributed by atoms with Gasteiger partial charge in [0.2, 0.25) is 0 Å². The summed E-state index contributed by atoms with van der Waals surface area (Å²) in [7, 11) is 0. The van der Waals surface area contributed by atoms with Crippen molar-refractivity contribution in [3.8, 4) is 11.3 Å². The minimum Gasteiger partial charge on any atom is -0.342 e. The lowest BCUT2D eigenvalue weighted by atomic mass is 9.95. The molecule has 1 heterocycles. The zero-order valence-electron chi connectivity index (χ0n) is 11.0. The van der Waals surface area contributed by atoms with Crippen LogP contribution in [-0.4, -0.2) is 16.5 Å². The first kappa shape index (κ1) is 14.2. The Morgan fingerprint density at radius 1 is 1.42 bits per heavy atom. The average molecular weight is 326 g/mol. The Bertz CT molecular complexity index is 566. The number of nitrogens with two attached hydrogens (primary N) is 1. The predicted molar refractivity (Wildman–Crippen MR) is 78.3 cm³/mol. The van der Waals surface area contributed by atoms with Crippen molar-refractivity contribution in [3.05, 3.63) is 40.5 Å². The largest absolute Gasteiger partial charge is 0.342 e. The molecule has 0 aliphatic carbocycles. The van der Waals surface area contributed by atoms with Crippen molar-refractivity contribution in [2.24, 2.45) is 11.7 Å². The average Bonchev–Trinajstić information content (AvgIpc) is 2.78. The third-order valence-electron chi connectivity index (χ3n) is 3.23. The zero-order chi connectivity index (χ0) is 14.0. The van der Waals surface area contributed by atoms with Gasteiger partial charge in [-0.3, -0.25) is 0 Å². The van der Waals surface area contributed by atoms with Gasteiger partial charge in [-0.05, 0) is 40.0 Å². The first-order valence-electron chi connectivity index (χ1n) is 6.23. The van der Waals surface area contributed by atoms with Gasteiger partial charge < -0.3 is 10.7 Å². The fourth-order valence-electron chi connectivity index (χ4n) is 2.07. The molecule has 0 aliphatic rings. The summed E-state index contributed by atoms with van der Waals surface area (Å²) in [4.78, 5) is 7.68. The Balaban J connectivity index is 2.35. The van der Waals surface area contributed by atoms with Gasteiger partial charge in [-0.2, -0.15) is 0 Å². The number of hydrogen-bond acceptors (Lipinski definition) is 2. The summed E-state index contributed by atoms with van der Waals surface area (Å²) in [6.45, 7) is 4.79. The maximum Gasteiger partial charge on any atom is 0.124 e. The van der Waals surface area contributed by atoms with E-state index in [9.17, 15) is 4.39 Å². The van der Waals surface area contributed by atoms with E-state index in [2.05, 4.69) is 39.7 Å². The molecule has 1 atom stereocenters. The maximum absolute atomic E-state index is 13.1. The fraction of sp³-hybridized carbons (Fsp3) is 0.357. The fourth-order valence-corrected chi connectivity index (χ4v) is 2.63. The molecule has 5 heteroatoms. The molecule has 0 saturated carbocycles. The number of aromatic nitrogens is 2. The molecule has 0 spiro atoms. The second-order valence-corrected chi connectivity index (χ2v) is 5.75. The molecule has 0 bridgehead atoms. The van der Waals surface area contributed by atoms with E-state index in [-0.39, 0.29) is 11.7 Å². The quantitative estimate of drug-likeness (QED) is 0.900. The topological polar surface area (TPSA) is 54.7 Å². The van der Waals surface area contributed by atoms with Gasteiger partial charge in [0, 0.05) is 22.5 Å². The molecule has 0 fully saturated rings. The molecule has 1 aromatic heterocycles. The van der Waals surface area contributed by atoms with Gasteiger partial charge in [0.25, 0.3) is 0 Å². The third-order valence-corrected chi connectivity index (χ3v) is 3.88. The van der Waals surface area contributed by atoms with Crippen LogP contribution < -0.4 is 5.73 Å². The molecule has 0 amide bonds. The standard InChI is InChI=1S/C14H17BrFN3/c1-8(2)11(6-17)14-18-7-13(19-14)10-4-3-9(16)5-12(10)15/h3-5,7-8,11H,6,17H2,1-2H3,(H,18,19). The smallest absolute Gasteiger partial charge is 0.124 e. The lowest BCUT2D eigenvalue weighted by molar-refractivity contribution is 0.487. The summed E-state index contributed by atoms with van der Waals surface area (Å²) in [5, 5.41) is 0. The second kappa shape index (κ2) is 5.84. The number of nitrogens with one attached hydrogen (secondary N) is 1. The van der Waals surface area contributed by atoms with Gasteiger partial charge in [-0.1, -0.05) is 13.8 Å². The minimum atomic E-state index is -0.266. The predicted octanol–water partition coefficient (Wildman–Crippen LogP) is 3.68. The van der Waals surface area contributed by atoms with E-state index in [0.717, 1.165) is 17.1 Å². The molecule has 0 radical (unpaired) electrons. The van der Waals surface area contributed by atoms with Crippen LogP contribution in [0.15, 0.2) is 28.9 Å². The Hall–Kier alpha value is -1.20. The Labute approximate surface area is 120 Å². The van der Waals surface area contributed by atoms with Crippen molar-refractivity contribution < 1.29 is 4.39 Å². The van der Waals surface area contributed by atoms with Gasteiger partial charge in [0.1, 0.15) is 11.6 Å². The number of aromatic amines is 1. The summed E-state index contributed by atoms with van der Waals surface area (Å²) in [5.41, 5.74) is 7.54. The van der Waals surface area contributed by atoms with Crippen molar-refractivity contribution in [3.63, 3.8) is 0 Å². The molecule has 0 aliphatic heterocycles. The summed E-state index contributed by atoms with van der Waals surface area (Å²) in [6, 6.07) is 4.60. The van der Waals surface area contributed by atoms with E-state index in [1.165, 1.54) is 12.1 Å². The Morgan fingerprint density at radius 3 is 2.74 bits per heavy atom. The summed E-state index contributed by atoms with van der Waals surface area (Å²) in [6.07, 6.45) is 1.76. The van der Waals surface area contributed by atoms with Crippen LogP contribution in [0.4, 0.5) is 4.39 Å². The van der Waals surface area contributed by atoms with E-state index >= 15 is 0 Å². The third kappa shape index (κ3) is 3.04. The van der Waals surface area contributed by atoms with Crippen molar-refractivity contribution in [1.29, 1.82) is 0 Å². The molecule has 1 aromatic carbocycles. The van der Waals surface area contributed by atoms with E-state index < -0.39 is 0 Å². The number of rotatable bonds is 4. The lowest BCUT2D eigenvalue weighted by Crippen LogP contribution is -2.19. The Kier molecular flexibility index (Phi) is 4.37. The molecule has 102 valence electrons. The highest BCUT2D eigenvalue weighted by atomic mass is 79.9. The normalized spacial score (nSPS) is 12.9. The van der Waals surface area contributed by atoms with Crippen LogP contribution in [0, 0.1) is 11.7 Å². The molecule has 3 N–H and O–H groups in total. The van der Waals surface area contributed by atoms with E-state index in [1.54, 1.807) is 12.3 Å².